The summed E-state index contributed by atoms with van der Waals surface area (Å²) in [7, 11) is 0. The smallest absolute Gasteiger partial charge is 0.414 e. The van der Waals surface area contributed by atoms with E-state index in [9.17, 15) is 9.59 Å². The number of rotatable bonds is 3. The molecular formula is C12H12ClNO4. The summed E-state index contributed by atoms with van der Waals surface area (Å²) in [6, 6.07) is 6.81. The average molecular weight is 270 g/mol. The van der Waals surface area contributed by atoms with Crippen molar-refractivity contribution in [3.8, 4) is 0 Å². The lowest BCUT2D eigenvalue weighted by molar-refractivity contribution is -0.138. The van der Waals surface area contributed by atoms with Gasteiger partial charge in [0.1, 0.15) is 0 Å². The van der Waals surface area contributed by atoms with E-state index in [4.69, 9.17) is 21.4 Å². The molecule has 1 fully saturated rings. The molecule has 0 saturated carbocycles. The van der Waals surface area contributed by atoms with E-state index in [-0.39, 0.29) is 18.9 Å². The van der Waals surface area contributed by atoms with Crippen molar-refractivity contribution in [2.24, 2.45) is 5.92 Å². The van der Waals surface area contributed by atoms with Gasteiger partial charge in [-0.2, -0.15) is 0 Å². The molecule has 1 amide bonds. The average Bonchev–Trinajstić information content (AvgIpc) is 2.31. The number of anilines is 1. The Bertz CT molecular complexity index is 477. The number of hydrogen-bond donors (Lipinski definition) is 1. The number of cyclic esters (lactones) is 1. The standard InChI is InChI=1S/C12H12ClNO4/c13-9-2-1-3-10(5-9)14-6-8(4-11(15)16)7-18-12(14)17/h1-3,5,8H,4,6-7H2,(H,15,16). The molecule has 2 rings (SSSR count). The van der Waals surface area contributed by atoms with E-state index in [1.807, 2.05) is 0 Å². The zero-order valence-electron chi connectivity index (χ0n) is 9.51. The van der Waals surface area contributed by atoms with Crippen LogP contribution in [0.3, 0.4) is 0 Å². The van der Waals surface area contributed by atoms with Crippen LogP contribution < -0.4 is 4.90 Å². The second-order valence-corrected chi connectivity index (χ2v) is 4.57. The molecule has 1 aliphatic rings. The first-order valence-electron chi connectivity index (χ1n) is 5.48. The van der Waals surface area contributed by atoms with E-state index in [0.29, 0.717) is 17.3 Å². The molecule has 0 spiro atoms. The minimum absolute atomic E-state index is 0.0235. The Hall–Kier alpha value is -1.75. The highest BCUT2D eigenvalue weighted by atomic mass is 35.5. The van der Waals surface area contributed by atoms with Crippen molar-refractivity contribution in [1.82, 2.24) is 0 Å². The fraction of sp³-hybridized carbons (Fsp3) is 0.333. The summed E-state index contributed by atoms with van der Waals surface area (Å²) in [4.78, 5) is 23.7. The van der Waals surface area contributed by atoms with Crippen molar-refractivity contribution < 1.29 is 19.4 Å². The number of halogens is 1. The molecule has 1 aromatic rings. The predicted octanol–water partition coefficient (Wildman–Crippen LogP) is 2.39. The highest BCUT2D eigenvalue weighted by Crippen LogP contribution is 2.24. The maximum atomic E-state index is 11.7. The summed E-state index contributed by atoms with van der Waals surface area (Å²) in [5.41, 5.74) is 0.614. The molecule has 1 aliphatic heterocycles. The van der Waals surface area contributed by atoms with Crippen LogP contribution in [0, 0.1) is 5.92 Å². The molecule has 5 nitrogen and oxygen atoms in total. The number of amides is 1. The predicted molar refractivity (Wildman–Crippen MR) is 65.9 cm³/mol. The van der Waals surface area contributed by atoms with Gasteiger partial charge in [-0.15, -0.1) is 0 Å². The molecular weight excluding hydrogens is 258 g/mol. The summed E-state index contributed by atoms with van der Waals surface area (Å²) in [6.07, 6.45) is -0.497. The monoisotopic (exact) mass is 269 g/mol. The maximum absolute atomic E-state index is 11.7. The topological polar surface area (TPSA) is 66.8 Å². The van der Waals surface area contributed by atoms with Crippen molar-refractivity contribution >= 4 is 29.4 Å². The van der Waals surface area contributed by atoms with E-state index in [1.165, 1.54) is 4.90 Å². The molecule has 0 aliphatic carbocycles. The Morgan fingerprint density at radius 1 is 1.56 bits per heavy atom. The maximum Gasteiger partial charge on any atom is 0.414 e. The molecule has 6 heteroatoms. The number of hydrogen-bond acceptors (Lipinski definition) is 3. The molecule has 96 valence electrons. The lowest BCUT2D eigenvalue weighted by atomic mass is 10.0. The summed E-state index contributed by atoms with van der Waals surface area (Å²) in [6.45, 7) is 0.466. The SMILES string of the molecule is O=C(O)CC1COC(=O)N(c2cccc(Cl)c2)C1. The van der Waals surface area contributed by atoms with E-state index < -0.39 is 12.1 Å². The molecule has 0 aromatic heterocycles. The largest absolute Gasteiger partial charge is 0.481 e. The second kappa shape index (κ2) is 5.27. The zero-order valence-corrected chi connectivity index (χ0v) is 10.3. The van der Waals surface area contributed by atoms with Crippen LogP contribution in [-0.4, -0.2) is 30.3 Å². The van der Waals surface area contributed by atoms with E-state index in [1.54, 1.807) is 24.3 Å². The van der Waals surface area contributed by atoms with Crippen molar-refractivity contribution in [2.45, 2.75) is 6.42 Å². The highest BCUT2D eigenvalue weighted by molar-refractivity contribution is 6.30. The molecule has 1 atom stereocenters. The van der Waals surface area contributed by atoms with Crippen LogP contribution in [0.5, 0.6) is 0 Å². The fourth-order valence-electron chi connectivity index (χ4n) is 1.88. The summed E-state index contributed by atoms with van der Waals surface area (Å²) >= 11 is 5.86. The van der Waals surface area contributed by atoms with Gasteiger partial charge in [0.2, 0.25) is 0 Å². The van der Waals surface area contributed by atoms with Gasteiger partial charge in [0.25, 0.3) is 0 Å². The minimum atomic E-state index is -0.899. The highest BCUT2D eigenvalue weighted by Gasteiger charge is 2.29. The van der Waals surface area contributed by atoms with Crippen LogP contribution in [0.25, 0.3) is 0 Å². The number of benzene rings is 1. The van der Waals surface area contributed by atoms with Gasteiger partial charge in [0, 0.05) is 23.2 Å². The van der Waals surface area contributed by atoms with Crippen molar-refractivity contribution in [3.05, 3.63) is 29.3 Å². The van der Waals surface area contributed by atoms with Gasteiger partial charge in [0.15, 0.2) is 0 Å². The Kier molecular flexibility index (Phi) is 3.72. The first-order valence-corrected chi connectivity index (χ1v) is 5.85. The molecule has 1 unspecified atom stereocenters. The number of carbonyl (C=O) groups excluding carboxylic acids is 1. The third-order valence-electron chi connectivity index (χ3n) is 2.69. The first kappa shape index (κ1) is 12.7. The number of carboxylic acids is 1. The Balaban J connectivity index is 2.15. The third-order valence-corrected chi connectivity index (χ3v) is 2.92. The van der Waals surface area contributed by atoms with Gasteiger partial charge in [0.05, 0.1) is 13.0 Å². The summed E-state index contributed by atoms with van der Waals surface area (Å²) in [5, 5.41) is 9.27. The molecule has 1 saturated heterocycles. The molecule has 0 bridgehead atoms. The first-order chi connectivity index (χ1) is 8.56. The number of carboxylic acid groups (broad SMARTS) is 1. The molecule has 1 N–H and O–H groups in total. The van der Waals surface area contributed by atoms with Crippen molar-refractivity contribution in [2.75, 3.05) is 18.1 Å². The van der Waals surface area contributed by atoms with Gasteiger partial charge in [-0.05, 0) is 18.2 Å². The number of nitrogens with zero attached hydrogens (tertiary/aromatic N) is 1. The molecule has 1 aromatic carbocycles. The Morgan fingerprint density at radius 3 is 3.00 bits per heavy atom. The summed E-state index contributed by atoms with van der Waals surface area (Å²) in [5.74, 6) is -1.11. The number of carbonyl (C=O) groups is 2. The fourth-order valence-corrected chi connectivity index (χ4v) is 2.06. The van der Waals surface area contributed by atoms with Crippen LogP contribution in [0.15, 0.2) is 24.3 Å². The van der Waals surface area contributed by atoms with Crippen LogP contribution >= 0.6 is 11.6 Å². The van der Waals surface area contributed by atoms with Gasteiger partial charge >= 0.3 is 12.1 Å². The van der Waals surface area contributed by atoms with Gasteiger partial charge in [-0.1, -0.05) is 17.7 Å². The minimum Gasteiger partial charge on any atom is -0.481 e. The van der Waals surface area contributed by atoms with Crippen LogP contribution in [0.1, 0.15) is 6.42 Å². The molecule has 0 radical (unpaired) electrons. The number of aliphatic carboxylic acids is 1. The Labute approximate surface area is 109 Å². The Morgan fingerprint density at radius 2 is 2.33 bits per heavy atom. The quantitative estimate of drug-likeness (QED) is 0.915. The van der Waals surface area contributed by atoms with E-state index in [2.05, 4.69) is 0 Å². The summed E-state index contributed by atoms with van der Waals surface area (Å²) < 4.78 is 4.98. The van der Waals surface area contributed by atoms with E-state index >= 15 is 0 Å². The zero-order chi connectivity index (χ0) is 13.1. The van der Waals surface area contributed by atoms with Crippen molar-refractivity contribution in [3.63, 3.8) is 0 Å². The molecule has 1 heterocycles. The lowest BCUT2D eigenvalue weighted by Gasteiger charge is -2.31. The van der Waals surface area contributed by atoms with Crippen LogP contribution in [0.2, 0.25) is 5.02 Å². The van der Waals surface area contributed by atoms with Gasteiger partial charge < -0.3 is 9.84 Å². The van der Waals surface area contributed by atoms with E-state index in [0.717, 1.165) is 0 Å². The van der Waals surface area contributed by atoms with Crippen molar-refractivity contribution in [1.29, 1.82) is 0 Å². The van der Waals surface area contributed by atoms with Crippen LogP contribution in [0.4, 0.5) is 10.5 Å². The second-order valence-electron chi connectivity index (χ2n) is 4.13. The normalized spacial score (nSPS) is 19.5. The lowest BCUT2D eigenvalue weighted by Crippen LogP contribution is -2.43. The number of ether oxygens (including phenoxy) is 1. The van der Waals surface area contributed by atoms with Gasteiger partial charge in [-0.3, -0.25) is 9.69 Å². The third kappa shape index (κ3) is 2.92. The molecule has 18 heavy (non-hydrogen) atoms. The van der Waals surface area contributed by atoms with Crippen LogP contribution in [-0.2, 0) is 9.53 Å². The van der Waals surface area contributed by atoms with Gasteiger partial charge in [-0.25, -0.2) is 4.79 Å².